The van der Waals surface area contributed by atoms with Gasteiger partial charge in [0, 0.05) is 5.39 Å². The van der Waals surface area contributed by atoms with Crippen LogP contribution in [0.2, 0.25) is 0 Å². The molecule has 0 bridgehead atoms. The van der Waals surface area contributed by atoms with Gasteiger partial charge in [0.05, 0.1) is 5.52 Å². The van der Waals surface area contributed by atoms with Gasteiger partial charge in [0.1, 0.15) is 5.69 Å². The van der Waals surface area contributed by atoms with Crippen molar-refractivity contribution in [1.82, 2.24) is 9.97 Å². The highest BCUT2D eigenvalue weighted by Crippen LogP contribution is 2.18. The lowest BCUT2D eigenvalue weighted by Gasteiger charge is -2.03. The maximum Gasteiger partial charge on any atom is 0.221 e. The van der Waals surface area contributed by atoms with Crippen LogP contribution in [-0.4, -0.2) is 9.97 Å². The number of benzene rings is 1. The fraction of sp³-hybridized carbons (Fsp3) is 0.0909. The molecule has 2 rings (SSSR count). The Morgan fingerprint density at radius 2 is 2.14 bits per heavy atom. The number of aryl methyl sites for hydroxylation is 1. The zero-order valence-electron chi connectivity index (χ0n) is 7.78. The van der Waals surface area contributed by atoms with Crippen molar-refractivity contribution in [2.24, 2.45) is 0 Å². The number of terminal acetylenes is 1. The fourth-order valence-corrected chi connectivity index (χ4v) is 1.42. The maximum atomic E-state index is 5.55. The lowest BCUT2D eigenvalue weighted by Crippen LogP contribution is -1.99. The molecule has 2 N–H and O–H groups in total. The van der Waals surface area contributed by atoms with Crippen LogP contribution in [0.4, 0.5) is 5.95 Å². The molecule has 0 unspecified atom stereocenters. The summed E-state index contributed by atoms with van der Waals surface area (Å²) in [5.41, 5.74) is 7.98. The van der Waals surface area contributed by atoms with E-state index in [0.717, 1.165) is 16.5 Å². The minimum atomic E-state index is 0.222. The molecule has 0 aliphatic carbocycles. The van der Waals surface area contributed by atoms with Crippen LogP contribution in [0.3, 0.4) is 0 Å². The Bertz CT molecular complexity index is 538. The molecule has 1 heterocycles. The minimum Gasteiger partial charge on any atom is -0.368 e. The molecule has 68 valence electrons. The maximum absolute atomic E-state index is 5.55. The summed E-state index contributed by atoms with van der Waals surface area (Å²) in [6, 6.07) is 5.80. The van der Waals surface area contributed by atoms with E-state index >= 15 is 0 Å². The van der Waals surface area contributed by atoms with Crippen LogP contribution in [-0.2, 0) is 0 Å². The third-order valence-electron chi connectivity index (χ3n) is 2.08. The number of hydrogen-bond acceptors (Lipinski definition) is 3. The standard InChI is InChI=1S/C11H9N3/c1-3-9-8-6-4-5-7(2)10(8)14-11(12)13-9/h1,4-6H,2H3,(H2,12,13,14). The smallest absolute Gasteiger partial charge is 0.221 e. The van der Waals surface area contributed by atoms with Crippen molar-refractivity contribution in [1.29, 1.82) is 0 Å². The first kappa shape index (κ1) is 8.52. The average molecular weight is 183 g/mol. The lowest BCUT2D eigenvalue weighted by atomic mass is 10.1. The van der Waals surface area contributed by atoms with Crippen LogP contribution in [0.5, 0.6) is 0 Å². The van der Waals surface area contributed by atoms with Gasteiger partial charge in [-0.15, -0.1) is 6.42 Å². The van der Waals surface area contributed by atoms with E-state index < -0.39 is 0 Å². The van der Waals surface area contributed by atoms with Crippen molar-refractivity contribution in [2.75, 3.05) is 5.73 Å². The van der Waals surface area contributed by atoms with Crippen molar-refractivity contribution in [3.8, 4) is 12.3 Å². The van der Waals surface area contributed by atoms with Crippen molar-refractivity contribution in [3.05, 3.63) is 29.5 Å². The van der Waals surface area contributed by atoms with Crippen LogP contribution in [0.15, 0.2) is 18.2 Å². The number of rotatable bonds is 0. The fourth-order valence-electron chi connectivity index (χ4n) is 1.42. The highest BCUT2D eigenvalue weighted by molar-refractivity contribution is 5.86. The number of nitrogens with two attached hydrogens (primary N) is 1. The molecule has 14 heavy (non-hydrogen) atoms. The number of fused-ring (bicyclic) bond motifs is 1. The molecule has 1 aromatic heterocycles. The zero-order chi connectivity index (χ0) is 10.1. The van der Waals surface area contributed by atoms with Gasteiger partial charge in [0.15, 0.2) is 0 Å². The van der Waals surface area contributed by atoms with Crippen molar-refractivity contribution >= 4 is 16.9 Å². The number of hydrogen-bond donors (Lipinski definition) is 1. The van der Waals surface area contributed by atoms with Gasteiger partial charge in [-0.3, -0.25) is 0 Å². The number of aromatic nitrogens is 2. The van der Waals surface area contributed by atoms with Crippen molar-refractivity contribution in [3.63, 3.8) is 0 Å². The van der Waals surface area contributed by atoms with E-state index in [0.29, 0.717) is 5.69 Å². The number of para-hydroxylation sites is 1. The topological polar surface area (TPSA) is 51.8 Å². The summed E-state index contributed by atoms with van der Waals surface area (Å²) in [7, 11) is 0. The van der Waals surface area contributed by atoms with Crippen LogP contribution < -0.4 is 5.73 Å². The molecule has 2 aromatic rings. The van der Waals surface area contributed by atoms with Gasteiger partial charge in [-0.05, 0) is 24.5 Å². The summed E-state index contributed by atoms with van der Waals surface area (Å²) in [5, 5.41) is 0.877. The first-order valence-electron chi connectivity index (χ1n) is 4.22. The quantitative estimate of drug-likeness (QED) is 0.630. The minimum absolute atomic E-state index is 0.222. The van der Waals surface area contributed by atoms with Crippen LogP contribution in [0.1, 0.15) is 11.3 Å². The Labute approximate surface area is 82.0 Å². The molecular weight excluding hydrogens is 174 g/mol. The zero-order valence-corrected chi connectivity index (χ0v) is 7.78. The monoisotopic (exact) mass is 183 g/mol. The molecule has 3 nitrogen and oxygen atoms in total. The molecule has 0 saturated carbocycles. The molecule has 0 radical (unpaired) electrons. The van der Waals surface area contributed by atoms with E-state index in [4.69, 9.17) is 12.2 Å². The van der Waals surface area contributed by atoms with Crippen molar-refractivity contribution in [2.45, 2.75) is 6.92 Å². The molecule has 0 aliphatic rings. The predicted octanol–water partition coefficient (Wildman–Crippen LogP) is 1.50. The van der Waals surface area contributed by atoms with Gasteiger partial charge in [-0.25, -0.2) is 9.97 Å². The lowest BCUT2D eigenvalue weighted by molar-refractivity contribution is 1.21. The average Bonchev–Trinajstić information content (AvgIpc) is 2.18. The summed E-state index contributed by atoms with van der Waals surface area (Å²) in [4.78, 5) is 8.15. The molecule has 0 fully saturated rings. The van der Waals surface area contributed by atoms with Gasteiger partial charge in [-0.2, -0.15) is 0 Å². The van der Waals surface area contributed by atoms with E-state index in [1.807, 2.05) is 25.1 Å². The van der Waals surface area contributed by atoms with Gasteiger partial charge in [-0.1, -0.05) is 12.1 Å². The second-order valence-corrected chi connectivity index (χ2v) is 3.05. The van der Waals surface area contributed by atoms with Gasteiger partial charge in [0.2, 0.25) is 5.95 Å². The number of nitrogens with zero attached hydrogens (tertiary/aromatic N) is 2. The highest BCUT2D eigenvalue weighted by Gasteiger charge is 2.04. The number of nitrogen functional groups attached to an aromatic ring is 1. The summed E-state index contributed by atoms with van der Waals surface area (Å²) in [6.45, 7) is 1.97. The molecule has 1 aromatic carbocycles. The molecule has 0 saturated heterocycles. The summed E-state index contributed by atoms with van der Waals surface area (Å²) in [5.74, 6) is 2.73. The SMILES string of the molecule is C#Cc1nc(N)nc2c(C)cccc12. The Morgan fingerprint density at radius 3 is 2.86 bits per heavy atom. The van der Waals surface area contributed by atoms with Crippen molar-refractivity contribution < 1.29 is 0 Å². The molecule has 0 aliphatic heterocycles. The summed E-state index contributed by atoms with van der Waals surface area (Å²) < 4.78 is 0. The van der Waals surface area contributed by atoms with Crippen LogP contribution >= 0.6 is 0 Å². The van der Waals surface area contributed by atoms with Gasteiger partial charge < -0.3 is 5.73 Å². The number of anilines is 1. The summed E-state index contributed by atoms with van der Waals surface area (Å²) >= 11 is 0. The second kappa shape index (κ2) is 3.00. The third-order valence-corrected chi connectivity index (χ3v) is 2.08. The first-order valence-corrected chi connectivity index (χ1v) is 4.22. The summed E-state index contributed by atoms with van der Waals surface area (Å²) in [6.07, 6.45) is 5.34. The normalized spacial score (nSPS) is 10.0. The van der Waals surface area contributed by atoms with E-state index in [9.17, 15) is 0 Å². The molecule has 0 amide bonds. The second-order valence-electron chi connectivity index (χ2n) is 3.05. The van der Waals surface area contributed by atoms with E-state index in [1.54, 1.807) is 0 Å². The van der Waals surface area contributed by atoms with Crippen LogP contribution in [0, 0.1) is 19.3 Å². The van der Waals surface area contributed by atoms with E-state index in [2.05, 4.69) is 15.9 Å². The molecule has 0 atom stereocenters. The van der Waals surface area contributed by atoms with E-state index in [1.165, 1.54) is 0 Å². The third kappa shape index (κ3) is 1.17. The Kier molecular flexibility index (Phi) is 1.83. The Balaban J connectivity index is 2.96. The van der Waals surface area contributed by atoms with Gasteiger partial charge >= 0.3 is 0 Å². The first-order chi connectivity index (χ1) is 6.72. The van der Waals surface area contributed by atoms with E-state index in [-0.39, 0.29) is 5.95 Å². The molecule has 0 spiro atoms. The largest absolute Gasteiger partial charge is 0.368 e. The molecular formula is C11H9N3. The van der Waals surface area contributed by atoms with Crippen LogP contribution in [0.25, 0.3) is 10.9 Å². The Morgan fingerprint density at radius 1 is 1.36 bits per heavy atom. The molecule has 3 heteroatoms. The highest BCUT2D eigenvalue weighted by atomic mass is 15.0. The Hall–Kier alpha value is -2.08. The predicted molar refractivity (Wildman–Crippen MR) is 56.6 cm³/mol. The van der Waals surface area contributed by atoms with Gasteiger partial charge in [0.25, 0.3) is 0 Å².